The van der Waals surface area contributed by atoms with Gasteiger partial charge in [-0.1, -0.05) is 15.9 Å². The van der Waals surface area contributed by atoms with Crippen LogP contribution in [0, 0.1) is 12.7 Å². The van der Waals surface area contributed by atoms with Gasteiger partial charge in [0.2, 0.25) is 10.0 Å². The lowest BCUT2D eigenvalue weighted by molar-refractivity contribution is 0.0857. The molecule has 0 heterocycles. The Morgan fingerprint density at radius 2 is 2.00 bits per heavy atom. The lowest BCUT2D eigenvalue weighted by atomic mass is 10.1. The molecule has 1 rings (SSSR count). The monoisotopic (exact) mass is 339 g/mol. The number of rotatable bonds is 4. The second-order valence-electron chi connectivity index (χ2n) is 4.67. The minimum Gasteiger partial charge on any atom is -0.389 e. The molecule has 0 atom stereocenters. The molecule has 0 aliphatic rings. The van der Waals surface area contributed by atoms with E-state index >= 15 is 0 Å². The van der Waals surface area contributed by atoms with Crippen molar-refractivity contribution >= 4 is 26.0 Å². The van der Waals surface area contributed by atoms with Gasteiger partial charge in [-0.25, -0.2) is 17.5 Å². The predicted octanol–water partition coefficient (Wildman–Crippen LogP) is 1.95. The third kappa shape index (κ3) is 4.01. The molecule has 0 fully saturated rings. The highest BCUT2D eigenvalue weighted by Crippen LogP contribution is 2.23. The third-order valence-electron chi connectivity index (χ3n) is 2.20. The fraction of sp³-hybridized carbons (Fsp3) is 0.455. The Labute approximate surface area is 114 Å². The van der Waals surface area contributed by atoms with Crippen LogP contribution in [0.5, 0.6) is 0 Å². The maximum Gasteiger partial charge on any atom is 0.243 e. The van der Waals surface area contributed by atoms with E-state index in [1.807, 2.05) is 0 Å². The SMILES string of the molecule is Cc1cc(F)c(S(=O)(=O)NCC(C)(C)O)cc1Br. The molecule has 0 radical (unpaired) electrons. The molecular weight excluding hydrogens is 325 g/mol. The summed E-state index contributed by atoms with van der Waals surface area (Å²) in [7, 11) is -3.98. The molecule has 18 heavy (non-hydrogen) atoms. The predicted molar refractivity (Wildman–Crippen MR) is 70.3 cm³/mol. The van der Waals surface area contributed by atoms with Crippen LogP contribution in [0.15, 0.2) is 21.5 Å². The Balaban J connectivity index is 3.10. The maximum absolute atomic E-state index is 13.6. The van der Waals surface area contributed by atoms with Crippen LogP contribution in [0.4, 0.5) is 4.39 Å². The van der Waals surface area contributed by atoms with Crippen molar-refractivity contribution in [3.05, 3.63) is 28.0 Å². The van der Waals surface area contributed by atoms with Crippen LogP contribution in [0.3, 0.4) is 0 Å². The molecule has 4 nitrogen and oxygen atoms in total. The largest absolute Gasteiger partial charge is 0.389 e. The Hall–Kier alpha value is -0.500. The Bertz CT molecular complexity index is 552. The van der Waals surface area contributed by atoms with Crippen LogP contribution in [0.2, 0.25) is 0 Å². The van der Waals surface area contributed by atoms with Gasteiger partial charge in [0, 0.05) is 11.0 Å². The number of hydrogen-bond donors (Lipinski definition) is 2. The van der Waals surface area contributed by atoms with E-state index in [4.69, 9.17) is 0 Å². The van der Waals surface area contributed by atoms with Gasteiger partial charge in [-0.2, -0.15) is 0 Å². The van der Waals surface area contributed by atoms with Gasteiger partial charge in [0.1, 0.15) is 10.7 Å². The van der Waals surface area contributed by atoms with E-state index in [0.29, 0.717) is 10.0 Å². The van der Waals surface area contributed by atoms with Gasteiger partial charge in [0.15, 0.2) is 0 Å². The molecule has 0 amide bonds. The zero-order valence-corrected chi connectivity index (χ0v) is 12.7. The summed E-state index contributed by atoms with van der Waals surface area (Å²) in [6, 6.07) is 2.35. The zero-order valence-electron chi connectivity index (χ0n) is 10.3. The second-order valence-corrected chi connectivity index (χ2v) is 7.26. The lowest BCUT2D eigenvalue weighted by Gasteiger charge is -2.18. The average molecular weight is 340 g/mol. The average Bonchev–Trinajstić information content (AvgIpc) is 2.19. The normalized spacial score (nSPS) is 12.8. The van der Waals surface area contributed by atoms with Crippen LogP contribution >= 0.6 is 15.9 Å². The summed E-state index contributed by atoms with van der Waals surface area (Å²) in [6.45, 7) is 4.38. The molecule has 0 aromatic heterocycles. The van der Waals surface area contributed by atoms with Crippen LogP contribution in [0.1, 0.15) is 19.4 Å². The molecule has 0 saturated heterocycles. The van der Waals surface area contributed by atoms with Gasteiger partial charge in [-0.3, -0.25) is 0 Å². The van der Waals surface area contributed by atoms with Gasteiger partial charge in [0.05, 0.1) is 5.60 Å². The van der Waals surface area contributed by atoms with E-state index in [0.717, 1.165) is 6.07 Å². The van der Waals surface area contributed by atoms with Crippen molar-refractivity contribution in [2.24, 2.45) is 0 Å². The summed E-state index contributed by atoms with van der Waals surface area (Å²) < 4.78 is 40.1. The van der Waals surface area contributed by atoms with Gasteiger partial charge in [-0.05, 0) is 38.5 Å². The summed E-state index contributed by atoms with van der Waals surface area (Å²) in [4.78, 5) is -0.441. The van der Waals surface area contributed by atoms with Crippen molar-refractivity contribution in [3.63, 3.8) is 0 Å². The minimum absolute atomic E-state index is 0.194. The summed E-state index contributed by atoms with van der Waals surface area (Å²) in [6.07, 6.45) is 0. The molecule has 0 spiro atoms. The van der Waals surface area contributed by atoms with E-state index in [9.17, 15) is 17.9 Å². The van der Waals surface area contributed by atoms with Gasteiger partial charge in [-0.15, -0.1) is 0 Å². The topological polar surface area (TPSA) is 66.4 Å². The van der Waals surface area contributed by atoms with Crippen molar-refractivity contribution in [2.75, 3.05) is 6.54 Å². The molecule has 7 heteroatoms. The molecule has 0 aliphatic heterocycles. The van der Waals surface area contributed by atoms with E-state index < -0.39 is 26.3 Å². The first kappa shape index (κ1) is 15.6. The molecule has 0 aliphatic carbocycles. The molecule has 1 aromatic carbocycles. The maximum atomic E-state index is 13.6. The molecule has 0 bridgehead atoms. The van der Waals surface area contributed by atoms with Gasteiger partial charge < -0.3 is 5.11 Å². The first-order chi connectivity index (χ1) is 8.03. The Morgan fingerprint density at radius 1 is 1.44 bits per heavy atom. The number of aliphatic hydroxyl groups is 1. The molecule has 1 aromatic rings. The summed E-state index contributed by atoms with van der Waals surface area (Å²) in [5, 5.41) is 9.47. The van der Waals surface area contributed by atoms with Crippen LogP contribution in [0.25, 0.3) is 0 Å². The molecule has 102 valence electrons. The standard InChI is InChI=1S/C11H15BrFNO3S/c1-7-4-9(13)10(5-8(7)12)18(16,17)14-6-11(2,3)15/h4-5,14-15H,6H2,1-3H3. The number of aryl methyl sites for hydroxylation is 1. The Morgan fingerprint density at radius 3 is 2.50 bits per heavy atom. The molecule has 0 saturated carbocycles. The van der Waals surface area contributed by atoms with Crippen LogP contribution < -0.4 is 4.72 Å². The highest BCUT2D eigenvalue weighted by atomic mass is 79.9. The first-order valence-electron chi connectivity index (χ1n) is 5.20. The zero-order chi connectivity index (χ0) is 14.1. The van der Waals surface area contributed by atoms with Crippen LogP contribution in [-0.2, 0) is 10.0 Å². The number of halogens is 2. The summed E-state index contributed by atoms with van der Waals surface area (Å²) in [5.41, 5.74) is -0.597. The summed E-state index contributed by atoms with van der Waals surface area (Å²) in [5.74, 6) is -0.820. The number of sulfonamides is 1. The van der Waals surface area contributed by atoms with Crippen molar-refractivity contribution in [1.82, 2.24) is 4.72 Å². The number of nitrogens with one attached hydrogen (secondary N) is 1. The highest BCUT2D eigenvalue weighted by molar-refractivity contribution is 9.10. The number of benzene rings is 1. The Kier molecular flexibility index (Phi) is 4.53. The minimum atomic E-state index is -3.98. The molecular formula is C11H15BrFNO3S. The van der Waals surface area contributed by atoms with Crippen molar-refractivity contribution in [2.45, 2.75) is 31.3 Å². The second kappa shape index (κ2) is 5.24. The quantitative estimate of drug-likeness (QED) is 0.880. The van der Waals surface area contributed by atoms with Crippen molar-refractivity contribution in [1.29, 1.82) is 0 Å². The highest BCUT2D eigenvalue weighted by Gasteiger charge is 2.23. The van der Waals surface area contributed by atoms with Crippen LogP contribution in [-0.4, -0.2) is 25.7 Å². The van der Waals surface area contributed by atoms with E-state index in [1.54, 1.807) is 6.92 Å². The van der Waals surface area contributed by atoms with E-state index in [2.05, 4.69) is 20.7 Å². The summed E-state index contributed by atoms with van der Waals surface area (Å²) >= 11 is 3.16. The van der Waals surface area contributed by atoms with Gasteiger partial charge in [0.25, 0.3) is 0 Å². The smallest absolute Gasteiger partial charge is 0.243 e. The fourth-order valence-electron chi connectivity index (χ4n) is 1.18. The van der Waals surface area contributed by atoms with E-state index in [1.165, 1.54) is 19.9 Å². The first-order valence-corrected chi connectivity index (χ1v) is 7.48. The number of hydrogen-bond acceptors (Lipinski definition) is 3. The lowest BCUT2D eigenvalue weighted by Crippen LogP contribution is -2.38. The molecule has 0 unspecified atom stereocenters. The third-order valence-corrected chi connectivity index (χ3v) is 4.47. The molecule has 2 N–H and O–H groups in total. The fourth-order valence-corrected chi connectivity index (χ4v) is 2.97. The van der Waals surface area contributed by atoms with Gasteiger partial charge >= 0.3 is 0 Å². The van der Waals surface area contributed by atoms with E-state index in [-0.39, 0.29) is 6.54 Å². The van der Waals surface area contributed by atoms with Crippen molar-refractivity contribution < 1.29 is 17.9 Å². The van der Waals surface area contributed by atoms with Crippen molar-refractivity contribution in [3.8, 4) is 0 Å².